The van der Waals surface area contributed by atoms with Gasteiger partial charge in [0, 0.05) is 35.9 Å². The fraction of sp³-hybridized carbons (Fsp3) is 0.318. The lowest BCUT2D eigenvalue weighted by molar-refractivity contribution is -0.126. The maximum absolute atomic E-state index is 14.9. The van der Waals surface area contributed by atoms with Crippen molar-refractivity contribution in [3.05, 3.63) is 76.8 Å². The van der Waals surface area contributed by atoms with Gasteiger partial charge in [-0.25, -0.2) is 4.39 Å². The number of aromatic nitrogens is 3. The number of rotatable bonds is 7. The topological polar surface area (TPSA) is 88.1 Å². The Labute approximate surface area is 183 Å². The highest BCUT2D eigenvalue weighted by molar-refractivity contribution is 7.03. The average molecular weight is 440 g/mol. The van der Waals surface area contributed by atoms with Crippen molar-refractivity contribution in [3.8, 4) is 0 Å². The van der Waals surface area contributed by atoms with Crippen LogP contribution in [0.4, 0.5) is 4.39 Å². The Hall–Kier alpha value is -3.20. The number of halogens is 1. The molecule has 2 aromatic heterocycles. The van der Waals surface area contributed by atoms with Crippen molar-refractivity contribution < 1.29 is 14.0 Å². The molecule has 0 aliphatic heterocycles. The van der Waals surface area contributed by atoms with Crippen LogP contribution in [-0.4, -0.2) is 37.3 Å². The number of nitrogens with zero attached hydrogens (tertiary/aromatic N) is 4. The number of carbonyl (C=O) groups excluding carboxylic acids is 2. The standard InChI is InChI=1S/C22H22FN5O2S/c23-18-10-4-3-9-17(18)20(21(29)25-16-7-1-2-8-16)28(13-15-6-5-11-24-12-15)22(30)19-14-31-27-26-19/h3-6,9-12,14,16,20H,1-2,7-8,13H2,(H,25,29). The third kappa shape index (κ3) is 4.93. The predicted molar refractivity (Wildman–Crippen MR) is 114 cm³/mol. The lowest BCUT2D eigenvalue weighted by Crippen LogP contribution is -2.46. The number of amides is 2. The molecule has 0 spiro atoms. The Kier molecular flexibility index (Phi) is 6.61. The van der Waals surface area contributed by atoms with E-state index in [4.69, 9.17) is 0 Å². The maximum atomic E-state index is 14.9. The van der Waals surface area contributed by atoms with E-state index in [0.717, 1.165) is 37.2 Å². The molecule has 7 nitrogen and oxygen atoms in total. The number of benzene rings is 1. The Balaban J connectivity index is 1.75. The number of nitrogens with one attached hydrogen (secondary N) is 1. The number of carbonyl (C=O) groups is 2. The highest BCUT2D eigenvalue weighted by Crippen LogP contribution is 2.28. The van der Waals surface area contributed by atoms with Crippen molar-refractivity contribution in [2.24, 2.45) is 0 Å². The summed E-state index contributed by atoms with van der Waals surface area (Å²) >= 11 is 1.04. The van der Waals surface area contributed by atoms with Crippen LogP contribution >= 0.6 is 11.5 Å². The Morgan fingerprint density at radius 3 is 2.68 bits per heavy atom. The summed E-state index contributed by atoms with van der Waals surface area (Å²) in [6.45, 7) is 0.0707. The second kappa shape index (κ2) is 9.74. The number of hydrogen-bond acceptors (Lipinski definition) is 6. The summed E-state index contributed by atoms with van der Waals surface area (Å²) in [5.41, 5.74) is 0.969. The molecule has 2 amide bonds. The molecule has 4 rings (SSSR count). The van der Waals surface area contributed by atoms with E-state index in [1.807, 2.05) is 0 Å². The van der Waals surface area contributed by atoms with E-state index in [-0.39, 0.29) is 23.8 Å². The molecule has 0 bridgehead atoms. The van der Waals surface area contributed by atoms with Crippen LogP contribution in [0, 0.1) is 5.82 Å². The fourth-order valence-corrected chi connectivity index (χ4v) is 4.30. The SMILES string of the molecule is O=C(NC1CCCC1)C(c1ccccc1F)N(Cc1cccnc1)C(=O)c1csnn1. The molecule has 1 aromatic carbocycles. The molecule has 1 unspecified atom stereocenters. The van der Waals surface area contributed by atoms with Crippen molar-refractivity contribution in [2.75, 3.05) is 0 Å². The van der Waals surface area contributed by atoms with Crippen molar-refractivity contribution in [1.82, 2.24) is 24.8 Å². The molecular formula is C22H22FN5O2S. The average Bonchev–Trinajstić information content (AvgIpc) is 3.49. The predicted octanol–water partition coefficient (Wildman–Crippen LogP) is 3.51. The van der Waals surface area contributed by atoms with E-state index in [1.54, 1.807) is 36.7 Å². The molecule has 3 aromatic rings. The minimum atomic E-state index is -1.16. The lowest BCUT2D eigenvalue weighted by atomic mass is 10.0. The molecule has 1 N–H and O–H groups in total. The molecule has 9 heteroatoms. The van der Waals surface area contributed by atoms with E-state index in [2.05, 4.69) is 19.9 Å². The van der Waals surface area contributed by atoms with Gasteiger partial charge in [-0.3, -0.25) is 14.6 Å². The van der Waals surface area contributed by atoms with Crippen molar-refractivity contribution in [1.29, 1.82) is 0 Å². The summed E-state index contributed by atoms with van der Waals surface area (Å²) in [6.07, 6.45) is 7.08. The fourth-order valence-electron chi connectivity index (χ4n) is 3.87. The zero-order chi connectivity index (χ0) is 21.6. The van der Waals surface area contributed by atoms with Crippen LogP contribution in [0.3, 0.4) is 0 Å². The van der Waals surface area contributed by atoms with E-state index in [9.17, 15) is 14.0 Å². The van der Waals surface area contributed by atoms with E-state index < -0.39 is 23.7 Å². The van der Waals surface area contributed by atoms with Gasteiger partial charge in [-0.2, -0.15) is 0 Å². The molecule has 2 heterocycles. The molecule has 1 fully saturated rings. The molecule has 31 heavy (non-hydrogen) atoms. The van der Waals surface area contributed by atoms with Gasteiger partial charge in [0.1, 0.15) is 11.9 Å². The molecule has 1 atom stereocenters. The van der Waals surface area contributed by atoms with Crippen molar-refractivity contribution >= 4 is 23.3 Å². The molecule has 160 valence electrons. The molecule has 1 saturated carbocycles. The summed E-state index contributed by atoms with van der Waals surface area (Å²) in [5, 5.41) is 8.42. The second-order valence-electron chi connectivity index (χ2n) is 7.50. The van der Waals surface area contributed by atoms with Gasteiger partial charge in [0.25, 0.3) is 5.91 Å². The van der Waals surface area contributed by atoms with Crippen LogP contribution < -0.4 is 5.32 Å². The molecular weight excluding hydrogens is 417 g/mol. The first-order valence-electron chi connectivity index (χ1n) is 10.1. The minimum absolute atomic E-state index is 0.0260. The summed E-state index contributed by atoms with van der Waals surface area (Å²) in [6, 6.07) is 8.47. The van der Waals surface area contributed by atoms with Gasteiger partial charge in [0.05, 0.1) is 0 Å². The molecule has 0 saturated heterocycles. The molecule has 1 aliphatic carbocycles. The van der Waals surface area contributed by atoms with Crippen molar-refractivity contribution in [3.63, 3.8) is 0 Å². The Morgan fingerprint density at radius 2 is 2.00 bits per heavy atom. The van der Waals surface area contributed by atoms with Gasteiger partial charge in [-0.1, -0.05) is 41.6 Å². The van der Waals surface area contributed by atoms with E-state index in [1.165, 1.54) is 22.4 Å². The summed E-state index contributed by atoms with van der Waals surface area (Å²) in [5.74, 6) is -1.45. The van der Waals surface area contributed by atoms with Gasteiger partial charge in [0.15, 0.2) is 5.69 Å². The van der Waals surface area contributed by atoms with E-state index >= 15 is 0 Å². The third-order valence-corrected chi connectivity index (χ3v) is 5.88. The van der Waals surface area contributed by atoms with Gasteiger partial charge < -0.3 is 10.2 Å². The van der Waals surface area contributed by atoms with Crippen LogP contribution in [0.25, 0.3) is 0 Å². The maximum Gasteiger partial charge on any atom is 0.276 e. The van der Waals surface area contributed by atoms with Crippen LogP contribution in [-0.2, 0) is 11.3 Å². The lowest BCUT2D eigenvalue weighted by Gasteiger charge is -2.32. The quantitative estimate of drug-likeness (QED) is 0.609. The van der Waals surface area contributed by atoms with Crippen LogP contribution in [0.1, 0.15) is 53.3 Å². The zero-order valence-corrected chi connectivity index (χ0v) is 17.6. The van der Waals surface area contributed by atoms with E-state index in [0.29, 0.717) is 5.56 Å². The zero-order valence-electron chi connectivity index (χ0n) is 16.8. The van der Waals surface area contributed by atoms with Crippen LogP contribution in [0.15, 0.2) is 54.2 Å². The Morgan fingerprint density at radius 1 is 1.19 bits per heavy atom. The second-order valence-corrected chi connectivity index (χ2v) is 8.11. The molecule has 0 radical (unpaired) electrons. The third-order valence-electron chi connectivity index (χ3n) is 5.38. The number of hydrogen-bond donors (Lipinski definition) is 1. The summed E-state index contributed by atoms with van der Waals surface area (Å²) < 4.78 is 18.6. The first-order valence-corrected chi connectivity index (χ1v) is 11.0. The van der Waals surface area contributed by atoms with Crippen LogP contribution in [0.5, 0.6) is 0 Å². The van der Waals surface area contributed by atoms with Crippen LogP contribution in [0.2, 0.25) is 0 Å². The highest BCUT2D eigenvalue weighted by Gasteiger charge is 2.36. The Bertz CT molecular complexity index is 1030. The van der Waals surface area contributed by atoms with Gasteiger partial charge in [0.2, 0.25) is 5.91 Å². The molecule has 1 aliphatic rings. The van der Waals surface area contributed by atoms with Gasteiger partial charge in [-0.15, -0.1) is 5.10 Å². The monoisotopic (exact) mass is 439 g/mol. The van der Waals surface area contributed by atoms with Gasteiger partial charge >= 0.3 is 0 Å². The minimum Gasteiger partial charge on any atom is -0.351 e. The highest BCUT2D eigenvalue weighted by atomic mass is 32.1. The normalized spacial score (nSPS) is 14.9. The summed E-state index contributed by atoms with van der Waals surface area (Å²) in [4.78, 5) is 32.3. The van der Waals surface area contributed by atoms with Crippen molar-refractivity contribution in [2.45, 2.75) is 44.3 Å². The smallest absolute Gasteiger partial charge is 0.276 e. The van der Waals surface area contributed by atoms with Gasteiger partial charge in [-0.05, 0) is 42.1 Å². The largest absolute Gasteiger partial charge is 0.351 e. The number of pyridine rings is 1. The first kappa shape index (κ1) is 21.0. The summed E-state index contributed by atoms with van der Waals surface area (Å²) in [7, 11) is 0. The first-order chi connectivity index (χ1) is 15.1.